The summed E-state index contributed by atoms with van der Waals surface area (Å²) >= 11 is 0. The van der Waals surface area contributed by atoms with Gasteiger partial charge in [-0.15, -0.1) is 0 Å². The van der Waals surface area contributed by atoms with Gasteiger partial charge in [0.15, 0.2) is 0 Å². The third-order valence-electron chi connectivity index (χ3n) is 4.22. The average Bonchev–Trinajstić information content (AvgIpc) is 3.04. The van der Waals surface area contributed by atoms with Crippen molar-refractivity contribution in [2.24, 2.45) is 0 Å². The smallest absolute Gasteiger partial charge is 0.255 e. The number of hydrogen-bond acceptors (Lipinski definition) is 3. The van der Waals surface area contributed by atoms with Crippen molar-refractivity contribution in [3.8, 4) is 11.4 Å². The lowest BCUT2D eigenvalue weighted by Gasteiger charge is -2.14. The molecule has 0 aliphatic carbocycles. The van der Waals surface area contributed by atoms with Crippen molar-refractivity contribution < 1.29 is 9.53 Å². The molecular formula is C20H21N3O2. The molecule has 1 heterocycles. The van der Waals surface area contributed by atoms with Crippen LogP contribution in [0.1, 0.15) is 34.6 Å². The van der Waals surface area contributed by atoms with Gasteiger partial charge < -0.3 is 10.1 Å². The van der Waals surface area contributed by atoms with Gasteiger partial charge in [0.2, 0.25) is 0 Å². The first-order chi connectivity index (χ1) is 12.1. The first kappa shape index (κ1) is 16.8. The third-order valence-corrected chi connectivity index (χ3v) is 4.22. The summed E-state index contributed by atoms with van der Waals surface area (Å²) in [5.41, 5.74) is 3.33. The highest BCUT2D eigenvalue weighted by molar-refractivity contribution is 5.95. The van der Waals surface area contributed by atoms with Crippen LogP contribution in [0.5, 0.6) is 5.75 Å². The Hall–Kier alpha value is -3.08. The molecule has 1 atom stereocenters. The second kappa shape index (κ2) is 7.21. The van der Waals surface area contributed by atoms with Gasteiger partial charge in [0.1, 0.15) is 5.75 Å². The van der Waals surface area contributed by atoms with Gasteiger partial charge in [0, 0.05) is 0 Å². The zero-order valence-corrected chi connectivity index (χ0v) is 14.6. The number of amides is 1. The lowest BCUT2D eigenvalue weighted by molar-refractivity contribution is 0.0939. The van der Waals surface area contributed by atoms with Crippen molar-refractivity contribution in [2.45, 2.75) is 19.9 Å². The van der Waals surface area contributed by atoms with Gasteiger partial charge in [-0.05, 0) is 43.7 Å². The highest BCUT2D eigenvalue weighted by Crippen LogP contribution is 2.19. The molecule has 25 heavy (non-hydrogen) atoms. The van der Waals surface area contributed by atoms with Crippen molar-refractivity contribution >= 4 is 5.91 Å². The number of nitrogens with one attached hydrogen (secondary N) is 1. The molecule has 1 amide bonds. The molecule has 0 aliphatic heterocycles. The Morgan fingerprint density at radius 1 is 1.12 bits per heavy atom. The molecular weight excluding hydrogens is 314 g/mol. The van der Waals surface area contributed by atoms with Crippen LogP contribution in [0, 0.1) is 6.92 Å². The Bertz CT molecular complexity index is 854. The monoisotopic (exact) mass is 335 g/mol. The second-order valence-electron chi connectivity index (χ2n) is 5.86. The van der Waals surface area contributed by atoms with Crippen molar-refractivity contribution in [1.29, 1.82) is 0 Å². The summed E-state index contributed by atoms with van der Waals surface area (Å²) in [6.45, 7) is 3.85. The quantitative estimate of drug-likeness (QED) is 0.774. The van der Waals surface area contributed by atoms with Crippen molar-refractivity contribution in [2.75, 3.05) is 7.11 Å². The molecule has 3 aromatic rings. The summed E-state index contributed by atoms with van der Waals surface area (Å²) in [6, 6.07) is 17.3. The molecule has 3 rings (SSSR count). The largest absolute Gasteiger partial charge is 0.497 e. The van der Waals surface area contributed by atoms with Crippen LogP contribution < -0.4 is 10.1 Å². The molecule has 0 saturated heterocycles. The summed E-state index contributed by atoms with van der Waals surface area (Å²) in [5, 5.41) is 7.37. The van der Waals surface area contributed by atoms with E-state index < -0.39 is 0 Å². The Labute approximate surface area is 147 Å². The lowest BCUT2D eigenvalue weighted by atomic mass is 10.1. The van der Waals surface area contributed by atoms with Gasteiger partial charge in [0.25, 0.3) is 5.91 Å². The fraction of sp³-hybridized carbons (Fsp3) is 0.200. The summed E-state index contributed by atoms with van der Waals surface area (Å²) in [4.78, 5) is 12.6. The van der Waals surface area contributed by atoms with E-state index in [0.717, 1.165) is 22.7 Å². The highest BCUT2D eigenvalue weighted by Gasteiger charge is 2.17. The van der Waals surface area contributed by atoms with Gasteiger partial charge in [-0.2, -0.15) is 5.10 Å². The zero-order valence-electron chi connectivity index (χ0n) is 14.6. The molecule has 1 aromatic heterocycles. The number of carbonyl (C=O) groups excluding carboxylic acids is 1. The number of carbonyl (C=O) groups is 1. The number of benzene rings is 2. The van der Waals surface area contributed by atoms with E-state index in [-0.39, 0.29) is 11.9 Å². The summed E-state index contributed by atoms with van der Waals surface area (Å²) in [5.74, 6) is 0.658. The number of para-hydroxylation sites is 1. The first-order valence-corrected chi connectivity index (χ1v) is 8.15. The van der Waals surface area contributed by atoms with Crippen LogP contribution >= 0.6 is 0 Å². The zero-order chi connectivity index (χ0) is 17.8. The molecule has 1 N–H and O–H groups in total. The third kappa shape index (κ3) is 3.55. The van der Waals surface area contributed by atoms with Crippen LogP contribution in [0.25, 0.3) is 5.69 Å². The fourth-order valence-corrected chi connectivity index (χ4v) is 2.71. The molecule has 0 spiro atoms. The molecule has 128 valence electrons. The lowest BCUT2D eigenvalue weighted by Crippen LogP contribution is -2.27. The van der Waals surface area contributed by atoms with Gasteiger partial charge in [-0.1, -0.05) is 30.3 Å². The average molecular weight is 335 g/mol. The van der Waals surface area contributed by atoms with Crippen LogP contribution in [-0.4, -0.2) is 22.8 Å². The molecule has 0 aliphatic rings. The Morgan fingerprint density at radius 2 is 1.80 bits per heavy atom. The van der Waals surface area contributed by atoms with E-state index in [1.165, 1.54) is 0 Å². The van der Waals surface area contributed by atoms with Crippen molar-refractivity contribution in [1.82, 2.24) is 15.1 Å². The van der Waals surface area contributed by atoms with E-state index in [0.29, 0.717) is 5.56 Å². The minimum Gasteiger partial charge on any atom is -0.497 e. The van der Waals surface area contributed by atoms with E-state index in [9.17, 15) is 4.79 Å². The maximum atomic E-state index is 12.6. The van der Waals surface area contributed by atoms with Crippen LogP contribution in [-0.2, 0) is 0 Å². The standard InChI is InChI=1S/C20H21N3O2/c1-14(16-9-11-18(25-3)12-10-16)22-20(24)19-13-21-23(15(19)2)17-7-5-4-6-8-17/h4-14H,1-3H3,(H,22,24). The second-order valence-corrected chi connectivity index (χ2v) is 5.86. The van der Waals surface area contributed by atoms with E-state index in [4.69, 9.17) is 4.74 Å². The molecule has 0 bridgehead atoms. The van der Waals surface area contributed by atoms with E-state index in [2.05, 4.69) is 10.4 Å². The molecule has 5 nitrogen and oxygen atoms in total. The number of aromatic nitrogens is 2. The van der Waals surface area contributed by atoms with E-state index >= 15 is 0 Å². The number of hydrogen-bond donors (Lipinski definition) is 1. The van der Waals surface area contributed by atoms with Gasteiger partial charge in [-0.3, -0.25) is 4.79 Å². The van der Waals surface area contributed by atoms with Crippen molar-refractivity contribution in [3.63, 3.8) is 0 Å². The predicted octanol–water partition coefficient (Wildman–Crippen LogP) is 3.68. The Balaban J connectivity index is 1.76. The van der Waals surface area contributed by atoms with E-state index in [1.54, 1.807) is 18.0 Å². The van der Waals surface area contributed by atoms with Crippen LogP contribution in [0.2, 0.25) is 0 Å². The number of nitrogens with zero attached hydrogens (tertiary/aromatic N) is 2. The van der Waals surface area contributed by atoms with Gasteiger partial charge >= 0.3 is 0 Å². The Morgan fingerprint density at radius 3 is 2.44 bits per heavy atom. The Kier molecular flexibility index (Phi) is 4.84. The molecule has 0 saturated carbocycles. The summed E-state index contributed by atoms with van der Waals surface area (Å²) in [6.07, 6.45) is 1.61. The minimum atomic E-state index is -0.136. The number of rotatable bonds is 5. The van der Waals surface area contributed by atoms with Crippen LogP contribution in [0.3, 0.4) is 0 Å². The normalized spacial score (nSPS) is 11.8. The maximum Gasteiger partial charge on any atom is 0.255 e. The summed E-state index contributed by atoms with van der Waals surface area (Å²) in [7, 11) is 1.63. The maximum absolute atomic E-state index is 12.6. The number of ether oxygens (including phenoxy) is 1. The van der Waals surface area contributed by atoms with Crippen molar-refractivity contribution in [3.05, 3.63) is 77.6 Å². The SMILES string of the molecule is COc1ccc(C(C)NC(=O)c2cnn(-c3ccccc3)c2C)cc1. The first-order valence-electron chi connectivity index (χ1n) is 8.15. The summed E-state index contributed by atoms with van der Waals surface area (Å²) < 4.78 is 6.93. The molecule has 0 radical (unpaired) electrons. The minimum absolute atomic E-state index is 0.113. The molecule has 2 aromatic carbocycles. The topological polar surface area (TPSA) is 56.1 Å². The van der Waals surface area contributed by atoms with E-state index in [1.807, 2.05) is 68.4 Å². The van der Waals surface area contributed by atoms with Crippen LogP contribution in [0.4, 0.5) is 0 Å². The van der Waals surface area contributed by atoms with Gasteiger partial charge in [0.05, 0.1) is 36.3 Å². The predicted molar refractivity (Wildman–Crippen MR) is 97.2 cm³/mol. The van der Waals surface area contributed by atoms with Crippen LogP contribution in [0.15, 0.2) is 60.8 Å². The molecule has 1 unspecified atom stereocenters. The fourth-order valence-electron chi connectivity index (χ4n) is 2.71. The highest BCUT2D eigenvalue weighted by atomic mass is 16.5. The molecule has 5 heteroatoms. The number of methoxy groups -OCH3 is 1. The molecule has 0 fully saturated rings. The van der Waals surface area contributed by atoms with Gasteiger partial charge in [-0.25, -0.2) is 4.68 Å².